The molecule has 0 bridgehead atoms. The molecule has 0 radical (unpaired) electrons. The zero-order valence-electron chi connectivity index (χ0n) is 11.0. The molecule has 0 saturated heterocycles. The Balaban J connectivity index is 2.47. The van der Waals surface area contributed by atoms with Gasteiger partial charge in [0.15, 0.2) is 0 Å². The Morgan fingerprint density at radius 1 is 1.12 bits per heavy atom. The summed E-state index contributed by atoms with van der Waals surface area (Å²) in [6.45, 7) is 11.7. The van der Waals surface area contributed by atoms with Gasteiger partial charge in [0.1, 0.15) is 0 Å². The van der Waals surface area contributed by atoms with Gasteiger partial charge < -0.3 is 0 Å². The second-order valence-electron chi connectivity index (χ2n) is 6.28. The largest absolute Gasteiger partial charge is 0.120 e. The molecule has 0 N–H and O–H groups in total. The van der Waals surface area contributed by atoms with Crippen LogP contribution >= 0.6 is 11.8 Å². The minimum Gasteiger partial charge on any atom is -0.120 e. The highest BCUT2D eigenvalue weighted by Crippen LogP contribution is 2.53. The van der Waals surface area contributed by atoms with Gasteiger partial charge in [0.05, 0.1) is 0 Å². The Morgan fingerprint density at radius 2 is 1.75 bits per heavy atom. The first-order valence-corrected chi connectivity index (χ1v) is 6.92. The molecule has 1 aliphatic heterocycles. The van der Waals surface area contributed by atoms with E-state index >= 15 is 0 Å². The van der Waals surface area contributed by atoms with E-state index in [0.717, 1.165) is 0 Å². The Labute approximate surface area is 104 Å². The van der Waals surface area contributed by atoms with E-state index in [4.69, 9.17) is 0 Å². The number of allylic oxidation sites excluding steroid dienone is 5. The van der Waals surface area contributed by atoms with Gasteiger partial charge in [-0.05, 0) is 23.3 Å². The van der Waals surface area contributed by atoms with Gasteiger partial charge in [-0.25, -0.2) is 0 Å². The highest BCUT2D eigenvalue weighted by atomic mass is 32.2. The van der Waals surface area contributed by atoms with Crippen LogP contribution in [0.15, 0.2) is 34.8 Å². The third-order valence-corrected chi connectivity index (χ3v) is 4.64. The molecule has 0 aromatic rings. The van der Waals surface area contributed by atoms with Crippen LogP contribution in [-0.4, -0.2) is 4.75 Å². The van der Waals surface area contributed by atoms with Crippen LogP contribution in [0.2, 0.25) is 0 Å². The molecule has 0 nitrogen and oxygen atoms in total. The second kappa shape index (κ2) is 3.80. The number of rotatable bonds is 0. The minimum atomic E-state index is 0.301. The molecule has 88 valence electrons. The molecule has 1 heterocycles. The van der Waals surface area contributed by atoms with Gasteiger partial charge in [-0.15, -0.1) is 11.8 Å². The monoisotopic (exact) mass is 234 g/mol. The van der Waals surface area contributed by atoms with Crippen molar-refractivity contribution in [3.8, 4) is 0 Å². The molecule has 1 aliphatic carbocycles. The molecular formula is C15H22S. The third-order valence-electron chi connectivity index (χ3n) is 3.37. The fraction of sp³-hybridized carbons (Fsp3) is 0.600. The Bertz CT molecular complexity index is 380. The van der Waals surface area contributed by atoms with Crippen molar-refractivity contribution in [1.29, 1.82) is 0 Å². The summed E-state index contributed by atoms with van der Waals surface area (Å²) in [5.74, 6) is 0.560. The minimum absolute atomic E-state index is 0.301. The molecule has 0 saturated carbocycles. The molecule has 0 aromatic heterocycles. The van der Waals surface area contributed by atoms with E-state index in [1.54, 1.807) is 0 Å². The van der Waals surface area contributed by atoms with Gasteiger partial charge in [0, 0.05) is 9.65 Å². The predicted octanol–water partition coefficient (Wildman–Crippen LogP) is 4.94. The predicted molar refractivity (Wildman–Crippen MR) is 74.5 cm³/mol. The first-order chi connectivity index (χ1) is 7.30. The topological polar surface area (TPSA) is 0 Å². The van der Waals surface area contributed by atoms with E-state index < -0.39 is 0 Å². The number of thioether (sulfide) groups is 1. The Hall–Kier alpha value is -0.430. The normalized spacial score (nSPS) is 31.2. The van der Waals surface area contributed by atoms with Crippen LogP contribution in [0.4, 0.5) is 0 Å². The van der Waals surface area contributed by atoms with Crippen LogP contribution in [0, 0.1) is 11.3 Å². The summed E-state index contributed by atoms with van der Waals surface area (Å²) in [5, 5.41) is 0. The van der Waals surface area contributed by atoms with Crippen molar-refractivity contribution < 1.29 is 0 Å². The van der Waals surface area contributed by atoms with Crippen LogP contribution in [0.5, 0.6) is 0 Å². The molecule has 0 aromatic carbocycles. The van der Waals surface area contributed by atoms with Gasteiger partial charge in [-0.2, -0.15) is 0 Å². The number of hydrogen-bond donors (Lipinski definition) is 0. The van der Waals surface area contributed by atoms with E-state index in [2.05, 4.69) is 58.9 Å². The SMILES string of the molecule is CC1C=CC2=C(C=C1)C(C)(C)CC(C)(C)S2. The summed E-state index contributed by atoms with van der Waals surface area (Å²) in [6, 6.07) is 0. The maximum absolute atomic E-state index is 2.37. The molecule has 0 fully saturated rings. The summed E-state index contributed by atoms with van der Waals surface area (Å²) >= 11 is 2.03. The van der Waals surface area contributed by atoms with Gasteiger partial charge in [-0.1, -0.05) is 58.9 Å². The van der Waals surface area contributed by atoms with Gasteiger partial charge in [0.2, 0.25) is 0 Å². The van der Waals surface area contributed by atoms with E-state index in [1.807, 2.05) is 11.8 Å². The Morgan fingerprint density at radius 3 is 2.44 bits per heavy atom. The van der Waals surface area contributed by atoms with Crippen molar-refractivity contribution in [1.82, 2.24) is 0 Å². The summed E-state index contributed by atoms with van der Waals surface area (Å²) in [7, 11) is 0. The molecular weight excluding hydrogens is 212 g/mol. The van der Waals surface area contributed by atoms with Crippen LogP contribution in [0.1, 0.15) is 41.0 Å². The lowest BCUT2D eigenvalue weighted by Gasteiger charge is -2.41. The van der Waals surface area contributed by atoms with Crippen molar-refractivity contribution in [2.24, 2.45) is 11.3 Å². The zero-order valence-corrected chi connectivity index (χ0v) is 11.8. The van der Waals surface area contributed by atoms with E-state index in [1.165, 1.54) is 16.9 Å². The lowest BCUT2D eigenvalue weighted by molar-refractivity contribution is 0.366. The fourth-order valence-electron chi connectivity index (χ4n) is 2.86. The lowest BCUT2D eigenvalue weighted by Crippen LogP contribution is -2.31. The van der Waals surface area contributed by atoms with Gasteiger partial charge >= 0.3 is 0 Å². The van der Waals surface area contributed by atoms with Gasteiger partial charge in [0.25, 0.3) is 0 Å². The standard InChI is InChI=1S/C15H22S/c1-11-6-8-12-13(9-7-11)16-15(4,5)10-14(12,2)3/h6-9,11H,10H2,1-5H3. The molecule has 2 rings (SSSR count). The van der Waals surface area contributed by atoms with Crippen LogP contribution < -0.4 is 0 Å². The van der Waals surface area contributed by atoms with Crippen molar-refractivity contribution in [3.63, 3.8) is 0 Å². The van der Waals surface area contributed by atoms with Crippen LogP contribution in [0.25, 0.3) is 0 Å². The molecule has 1 atom stereocenters. The molecule has 1 heteroatoms. The highest BCUT2D eigenvalue weighted by molar-refractivity contribution is 8.04. The second-order valence-corrected chi connectivity index (χ2v) is 8.03. The molecule has 2 aliphatic rings. The van der Waals surface area contributed by atoms with Crippen molar-refractivity contribution in [3.05, 3.63) is 34.8 Å². The Kier molecular flexibility index (Phi) is 2.86. The highest BCUT2D eigenvalue weighted by Gasteiger charge is 2.38. The average molecular weight is 234 g/mol. The third kappa shape index (κ3) is 2.29. The summed E-state index contributed by atoms with van der Waals surface area (Å²) in [6.07, 6.45) is 10.6. The molecule has 0 spiro atoms. The van der Waals surface area contributed by atoms with E-state index in [-0.39, 0.29) is 0 Å². The van der Waals surface area contributed by atoms with Crippen LogP contribution in [0.3, 0.4) is 0 Å². The van der Waals surface area contributed by atoms with Crippen molar-refractivity contribution in [2.45, 2.75) is 45.8 Å². The molecule has 1 unspecified atom stereocenters. The number of hydrogen-bond acceptors (Lipinski definition) is 1. The van der Waals surface area contributed by atoms with Crippen LogP contribution in [-0.2, 0) is 0 Å². The quantitative estimate of drug-likeness (QED) is 0.572. The fourth-order valence-corrected chi connectivity index (χ4v) is 4.49. The summed E-state index contributed by atoms with van der Waals surface area (Å²) in [5.41, 5.74) is 1.83. The first kappa shape index (κ1) is 12.0. The molecule has 0 amide bonds. The zero-order chi connectivity index (χ0) is 12.0. The molecule has 16 heavy (non-hydrogen) atoms. The smallest absolute Gasteiger partial charge is 0.0159 e. The van der Waals surface area contributed by atoms with Gasteiger partial charge in [-0.3, -0.25) is 0 Å². The lowest BCUT2D eigenvalue weighted by atomic mass is 9.76. The van der Waals surface area contributed by atoms with E-state index in [9.17, 15) is 0 Å². The van der Waals surface area contributed by atoms with E-state index in [0.29, 0.717) is 16.1 Å². The maximum atomic E-state index is 2.37. The summed E-state index contributed by atoms with van der Waals surface area (Å²) < 4.78 is 0.355. The first-order valence-electron chi connectivity index (χ1n) is 6.10. The summed E-state index contributed by atoms with van der Waals surface area (Å²) in [4.78, 5) is 1.47. The van der Waals surface area contributed by atoms with Crippen molar-refractivity contribution in [2.75, 3.05) is 0 Å². The van der Waals surface area contributed by atoms with Crippen molar-refractivity contribution >= 4 is 11.8 Å². The average Bonchev–Trinajstić information content (AvgIpc) is 2.25. The maximum Gasteiger partial charge on any atom is 0.0159 e.